The summed E-state index contributed by atoms with van der Waals surface area (Å²) in [5, 5.41) is 0. The summed E-state index contributed by atoms with van der Waals surface area (Å²) in [6.07, 6.45) is 0.216. The van der Waals surface area contributed by atoms with E-state index in [9.17, 15) is 19.2 Å². The first-order valence-electron chi connectivity index (χ1n) is 11.7. The summed E-state index contributed by atoms with van der Waals surface area (Å²) in [4.78, 5) is 47.7. The van der Waals surface area contributed by atoms with Gasteiger partial charge in [-0.25, -0.2) is 0 Å². The third-order valence-corrected chi connectivity index (χ3v) is 5.60. The molecule has 0 aliphatic carbocycles. The second-order valence-electron chi connectivity index (χ2n) is 8.34. The maximum absolute atomic E-state index is 12.3. The lowest BCUT2D eigenvalue weighted by molar-refractivity contribution is -0.127. The van der Waals surface area contributed by atoms with Crippen LogP contribution in [0.5, 0.6) is 0 Å². The number of rotatable bonds is 9. The summed E-state index contributed by atoms with van der Waals surface area (Å²) in [6, 6.07) is 36.5. The lowest BCUT2D eigenvalue weighted by Crippen LogP contribution is -2.21. The number of hydrogen-bond donors (Lipinski definition) is 0. The van der Waals surface area contributed by atoms with Crippen molar-refractivity contribution < 1.29 is 19.2 Å². The molecule has 0 radical (unpaired) electrons. The third-order valence-electron chi connectivity index (χ3n) is 5.60. The fourth-order valence-electron chi connectivity index (χ4n) is 3.79. The first-order valence-corrected chi connectivity index (χ1v) is 11.7. The molecule has 4 rings (SSSR count). The van der Waals surface area contributed by atoms with Gasteiger partial charge in [0.2, 0.25) is 0 Å². The van der Waals surface area contributed by atoms with Crippen molar-refractivity contribution >= 4 is 23.1 Å². The van der Waals surface area contributed by atoms with Gasteiger partial charge in [0, 0.05) is 17.5 Å². The van der Waals surface area contributed by atoms with E-state index < -0.39 is 5.92 Å². The van der Waals surface area contributed by atoms with Crippen LogP contribution in [-0.2, 0) is 16.0 Å². The molecule has 0 saturated carbocycles. The summed E-state index contributed by atoms with van der Waals surface area (Å²) >= 11 is 0. The Kier molecular flexibility index (Phi) is 9.78. The Morgan fingerprint density at radius 1 is 0.556 bits per heavy atom. The molecular formula is C32H28O4. The van der Waals surface area contributed by atoms with Crippen LogP contribution in [0.4, 0.5) is 0 Å². The zero-order chi connectivity index (χ0) is 25.8. The van der Waals surface area contributed by atoms with E-state index in [0.717, 1.165) is 11.1 Å². The van der Waals surface area contributed by atoms with Crippen LogP contribution in [0.1, 0.15) is 51.1 Å². The molecule has 4 aromatic carbocycles. The van der Waals surface area contributed by atoms with Crippen LogP contribution in [0.25, 0.3) is 0 Å². The molecule has 36 heavy (non-hydrogen) atoms. The van der Waals surface area contributed by atoms with E-state index in [1.807, 2.05) is 72.8 Å². The van der Waals surface area contributed by atoms with Crippen LogP contribution < -0.4 is 0 Å². The first kappa shape index (κ1) is 26.2. The minimum Gasteiger partial charge on any atom is -0.299 e. The Labute approximate surface area is 211 Å². The van der Waals surface area contributed by atoms with Crippen LogP contribution in [-0.4, -0.2) is 23.1 Å². The minimum atomic E-state index is -0.651. The number of carbonyl (C=O) groups is 4. The fourth-order valence-corrected chi connectivity index (χ4v) is 3.79. The predicted octanol–water partition coefficient (Wildman–Crippen LogP) is 6.31. The van der Waals surface area contributed by atoms with E-state index in [1.165, 1.54) is 6.92 Å². The van der Waals surface area contributed by atoms with Gasteiger partial charge in [0.05, 0.1) is 6.42 Å². The quantitative estimate of drug-likeness (QED) is 0.210. The van der Waals surface area contributed by atoms with Crippen LogP contribution in [0.15, 0.2) is 121 Å². The smallest absolute Gasteiger partial charge is 0.170 e. The minimum absolute atomic E-state index is 0.0510. The fraction of sp³-hybridized carbons (Fsp3) is 0.125. The van der Waals surface area contributed by atoms with Crippen LogP contribution >= 0.6 is 0 Å². The highest BCUT2D eigenvalue weighted by atomic mass is 16.2. The van der Waals surface area contributed by atoms with Crippen molar-refractivity contribution in [2.45, 2.75) is 25.7 Å². The zero-order valence-corrected chi connectivity index (χ0v) is 20.2. The van der Waals surface area contributed by atoms with Gasteiger partial charge < -0.3 is 0 Å². The molecular weight excluding hydrogens is 448 g/mol. The molecule has 1 atom stereocenters. The molecule has 0 spiro atoms. The van der Waals surface area contributed by atoms with E-state index in [0.29, 0.717) is 17.5 Å². The SMILES string of the molecule is CC(=O)C(C(=O)Cc1ccccc1)c1ccccc1.O=C(CC(=O)c1ccccc1)c1ccccc1. The van der Waals surface area contributed by atoms with Crippen molar-refractivity contribution in [2.75, 3.05) is 0 Å². The van der Waals surface area contributed by atoms with Crippen molar-refractivity contribution in [1.82, 2.24) is 0 Å². The maximum atomic E-state index is 12.3. The van der Waals surface area contributed by atoms with Gasteiger partial charge in [0.25, 0.3) is 0 Å². The lowest BCUT2D eigenvalue weighted by Gasteiger charge is -2.13. The largest absolute Gasteiger partial charge is 0.299 e. The summed E-state index contributed by atoms with van der Waals surface area (Å²) in [7, 11) is 0. The van der Waals surface area contributed by atoms with E-state index >= 15 is 0 Å². The normalized spacial score (nSPS) is 10.9. The third kappa shape index (κ3) is 7.81. The van der Waals surface area contributed by atoms with E-state index in [1.54, 1.807) is 48.5 Å². The number of ketones is 4. The Morgan fingerprint density at radius 3 is 1.36 bits per heavy atom. The highest BCUT2D eigenvalue weighted by molar-refractivity contribution is 6.13. The average molecular weight is 477 g/mol. The van der Waals surface area contributed by atoms with Gasteiger partial charge in [0.15, 0.2) is 17.3 Å². The number of carbonyl (C=O) groups excluding carboxylic acids is 4. The molecule has 0 heterocycles. The molecule has 0 N–H and O–H groups in total. The molecule has 0 aliphatic rings. The summed E-state index contributed by atoms with van der Waals surface area (Å²) in [5.74, 6) is -1.09. The molecule has 1 unspecified atom stereocenters. The Bertz CT molecular complexity index is 1230. The van der Waals surface area contributed by atoms with E-state index in [2.05, 4.69) is 0 Å². The highest BCUT2D eigenvalue weighted by Crippen LogP contribution is 2.20. The Morgan fingerprint density at radius 2 is 0.944 bits per heavy atom. The molecule has 4 heteroatoms. The Balaban J connectivity index is 0.000000202. The van der Waals surface area contributed by atoms with Crippen LogP contribution in [0.3, 0.4) is 0 Å². The molecule has 0 aliphatic heterocycles. The van der Waals surface area contributed by atoms with Gasteiger partial charge in [0.1, 0.15) is 11.7 Å². The zero-order valence-electron chi connectivity index (χ0n) is 20.2. The predicted molar refractivity (Wildman–Crippen MR) is 141 cm³/mol. The van der Waals surface area contributed by atoms with Crippen molar-refractivity contribution in [1.29, 1.82) is 0 Å². The van der Waals surface area contributed by atoms with Crippen LogP contribution in [0.2, 0.25) is 0 Å². The molecule has 0 saturated heterocycles. The lowest BCUT2D eigenvalue weighted by atomic mass is 9.88. The van der Waals surface area contributed by atoms with Crippen molar-refractivity contribution in [3.8, 4) is 0 Å². The van der Waals surface area contributed by atoms with Gasteiger partial charge in [-0.3, -0.25) is 19.2 Å². The standard InChI is InChI=1S/C17H16O2.C15H12O2/c1-13(18)17(15-10-6-3-7-11-15)16(19)12-14-8-4-2-5-9-14;16-14(12-7-3-1-4-8-12)11-15(17)13-9-5-2-6-10-13/h2-11,17H,12H2,1H3;1-10H,11H2. The summed E-state index contributed by atoms with van der Waals surface area (Å²) in [5.41, 5.74) is 2.87. The van der Waals surface area contributed by atoms with E-state index in [-0.39, 0.29) is 29.6 Å². The summed E-state index contributed by atoms with van der Waals surface area (Å²) in [6.45, 7) is 1.47. The topological polar surface area (TPSA) is 68.3 Å². The molecule has 180 valence electrons. The Hall–Kier alpha value is -4.44. The molecule has 4 aromatic rings. The molecule has 0 aromatic heterocycles. The van der Waals surface area contributed by atoms with Gasteiger partial charge >= 0.3 is 0 Å². The van der Waals surface area contributed by atoms with Crippen LogP contribution in [0, 0.1) is 0 Å². The average Bonchev–Trinajstić information content (AvgIpc) is 2.91. The monoisotopic (exact) mass is 476 g/mol. The second kappa shape index (κ2) is 13.4. The first-order chi connectivity index (χ1) is 17.5. The number of Topliss-reactive ketones (excluding diaryl/α,β-unsaturated/α-hetero) is 4. The van der Waals surface area contributed by atoms with Gasteiger partial charge in [-0.15, -0.1) is 0 Å². The molecule has 4 nitrogen and oxygen atoms in total. The summed E-state index contributed by atoms with van der Waals surface area (Å²) < 4.78 is 0. The van der Waals surface area contributed by atoms with Crippen molar-refractivity contribution in [3.05, 3.63) is 144 Å². The maximum Gasteiger partial charge on any atom is 0.170 e. The van der Waals surface area contributed by atoms with Crippen molar-refractivity contribution in [3.63, 3.8) is 0 Å². The second-order valence-corrected chi connectivity index (χ2v) is 8.34. The van der Waals surface area contributed by atoms with Gasteiger partial charge in [-0.05, 0) is 18.1 Å². The van der Waals surface area contributed by atoms with Crippen molar-refractivity contribution in [2.24, 2.45) is 0 Å². The molecule has 0 amide bonds. The van der Waals surface area contributed by atoms with Gasteiger partial charge in [-0.2, -0.15) is 0 Å². The molecule has 0 bridgehead atoms. The highest BCUT2D eigenvalue weighted by Gasteiger charge is 2.24. The number of benzene rings is 4. The van der Waals surface area contributed by atoms with Gasteiger partial charge in [-0.1, -0.05) is 121 Å². The van der Waals surface area contributed by atoms with E-state index in [4.69, 9.17) is 0 Å². The number of hydrogen-bond acceptors (Lipinski definition) is 4. The molecule has 0 fully saturated rings.